The predicted octanol–water partition coefficient (Wildman–Crippen LogP) is 0.451. The Morgan fingerprint density at radius 1 is 1.50 bits per heavy atom. The number of alkyl halides is 1. The Balaban J connectivity index is 2.00. The lowest BCUT2D eigenvalue weighted by Gasteiger charge is -2.69. The van der Waals surface area contributed by atoms with Crippen LogP contribution in [0.25, 0.3) is 0 Å². The molecule has 0 saturated heterocycles. The molecule has 1 aliphatic heterocycles. The number of nitrogens with two attached hydrogens (primary N) is 1. The van der Waals surface area contributed by atoms with E-state index in [1.807, 2.05) is 10.8 Å². The molecule has 7 heteroatoms. The van der Waals surface area contributed by atoms with Crippen molar-refractivity contribution in [1.82, 2.24) is 9.80 Å². The van der Waals surface area contributed by atoms with Gasteiger partial charge in [0.15, 0.2) is 11.6 Å². The van der Waals surface area contributed by atoms with Crippen LogP contribution in [0.4, 0.5) is 4.39 Å². The van der Waals surface area contributed by atoms with Crippen LogP contribution in [0.5, 0.6) is 0 Å². The normalized spacial score (nSPS) is 32.6. The molecule has 1 heterocycles. The second-order valence-corrected chi connectivity index (χ2v) is 6.29. The fourth-order valence-electron chi connectivity index (χ4n) is 3.63. The predicted molar refractivity (Wildman–Crippen MR) is 76.5 cm³/mol. The Kier molecular flexibility index (Phi) is 2.91. The molecule has 22 heavy (non-hydrogen) atoms. The van der Waals surface area contributed by atoms with E-state index in [0.717, 1.165) is 0 Å². The number of carbonyl (C=O) groups is 1. The summed E-state index contributed by atoms with van der Waals surface area (Å²) in [6.07, 6.45) is 2.84. The molecule has 3 fully saturated rings. The molecular weight excluding hydrogens is 289 g/mol. The second kappa shape index (κ2) is 4.36. The molecule has 118 valence electrons. The third kappa shape index (κ3) is 1.72. The van der Waals surface area contributed by atoms with Crippen LogP contribution in [0.1, 0.15) is 19.3 Å². The number of ether oxygens (including phenoxy) is 1. The van der Waals surface area contributed by atoms with Gasteiger partial charge in [-0.15, -0.1) is 0 Å². The zero-order valence-corrected chi connectivity index (χ0v) is 12.8. The van der Waals surface area contributed by atoms with Crippen LogP contribution < -0.4 is 5.73 Å². The smallest absolute Gasteiger partial charge is 0.341 e. The minimum Gasteiger partial charge on any atom is -0.465 e. The minimum atomic E-state index is -1.06. The van der Waals surface area contributed by atoms with Crippen LogP contribution in [-0.2, 0) is 14.3 Å². The van der Waals surface area contributed by atoms with Gasteiger partial charge in [0.1, 0.15) is 17.1 Å². The standard InChI is InChI=1S/C15H18FN3O3/c1-18-11(5-20)10(4-9(12(18)17)13(21)22-3)19(2)15-6-14(16,7-15)8-15/h4H,6-8,17H2,1-3H3. The molecule has 0 aromatic heterocycles. The van der Waals surface area contributed by atoms with Crippen molar-refractivity contribution in [3.05, 3.63) is 28.9 Å². The second-order valence-electron chi connectivity index (χ2n) is 6.29. The summed E-state index contributed by atoms with van der Waals surface area (Å²) in [5, 5.41) is 0. The molecule has 0 unspecified atom stereocenters. The van der Waals surface area contributed by atoms with Crippen LogP contribution in [0.15, 0.2) is 28.9 Å². The number of esters is 1. The topological polar surface area (TPSA) is 75.9 Å². The maximum Gasteiger partial charge on any atom is 0.341 e. The molecule has 0 aromatic rings. The number of carbonyl (C=O) groups excluding carboxylic acids is 2. The van der Waals surface area contributed by atoms with E-state index in [1.165, 1.54) is 18.1 Å². The average Bonchev–Trinajstić information content (AvgIpc) is 2.44. The molecule has 0 aromatic carbocycles. The molecule has 2 N–H and O–H groups in total. The lowest BCUT2D eigenvalue weighted by molar-refractivity contribution is -0.211. The molecular formula is C15H18FN3O3. The Bertz CT molecular complexity index is 656. The van der Waals surface area contributed by atoms with Crippen LogP contribution in [-0.4, -0.2) is 54.1 Å². The Morgan fingerprint density at radius 3 is 2.55 bits per heavy atom. The van der Waals surface area contributed by atoms with Crippen molar-refractivity contribution in [3.63, 3.8) is 0 Å². The Hall–Kier alpha value is -2.27. The molecule has 6 nitrogen and oxygen atoms in total. The maximum atomic E-state index is 13.8. The van der Waals surface area contributed by atoms with Gasteiger partial charge in [0, 0.05) is 38.9 Å². The summed E-state index contributed by atoms with van der Waals surface area (Å²) in [7, 11) is 4.64. The van der Waals surface area contributed by atoms with E-state index in [4.69, 9.17) is 10.5 Å². The zero-order valence-electron chi connectivity index (χ0n) is 12.8. The molecule has 2 bridgehead atoms. The Morgan fingerprint density at radius 2 is 2.09 bits per heavy atom. The van der Waals surface area contributed by atoms with Crippen molar-refractivity contribution < 1.29 is 18.7 Å². The summed E-state index contributed by atoms with van der Waals surface area (Å²) in [6, 6.07) is 0. The molecule has 3 saturated carbocycles. The van der Waals surface area contributed by atoms with Gasteiger partial charge in [-0.3, -0.25) is 0 Å². The quantitative estimate of drug-likeness (QED) is 0.603. The van der Waals surface area contributed by atoms with Gasteiger partial charge in [0.25, 0.3) is 0 Å². The van der Waals surface area contributed by atoms with E-state index >= 15 is 0 Å². The van der Waals surface area contributed by atoms with Crippen molar-refractivity contribution in [1.29, 1.82) is 0 Å². The van der Waals surface area contributed by atoms with Crippen molar-refractivity contribution >= 4 is 11.9 Å². The number of hydrogen-bond acceptors (Lipinski definition) is 6. The summed E-state index contributed by atoms with van der Waals surface area (Å²) in [4.78, 5) is 26.5. The summed E-state index contributed by atoms with van der Waals surface area (Å²) in [5.74, 6) is 1.41. The Labute approximate surface area is 127 Å². The molecule has 0 atom stereocenters. The van der Waals surface area contributed by atoms with Crippen molar-refractivity contribution in [2.24, 2.45) is 5.73 Å². The third-order valence-corrected chi connectivity index (χ3v) is 5.01. The van der Waals surface area contributed by atoms with Gasteiger partial charge < -0.3 is 20.3 Å². The van der Waals surface area contributed by atoms with E-state index in [-0.39, 0.29) is 22.6 Å². The van der Waals surface area contributed by atoms with Crippen LogP contribution in [0.3, 0.4) is 0 Å². The SMILES string of the molecule is COC(=O)C1=C(N)N(C)C(=C=O)C(N(C)C23CC(F)(C2)C3)=C1. The van der Waals surface area contributed by atoms with Crippen LogP contribution in [0.2, 0.25) is 0 Å². The first kappa shape index (κ1) is 14.7. The van der Waals surface area contributed by atoms with E-state index in [1.54, 1.807) is 14.1 Å². The third-order valence-electron chi connectivity index (χ3n) is 5.01. The first-order valence-electron chi connectivity index (χ1n) is 6.99. The highest BCUT2D eigenvalue weighted by molar-refractivity contribution is 5.93. The molecule has 0 radical (unpaired) electrons. The van der Waals surface area contributed by atoms with Gasteiger partial charge in [0.2, 0.25) is 0 Å². The van der Waals surface area contributed by atoms with Gasteiger partial charge >= 0.3 is 5.97 Å². The number of rotatable bonds is 3. The molecule has 4 aliphatic rings. The number of nitrogens with zero attached hydrogens (tertiary/aromatic N) is 2. The summed E-state index contributed by atoms with van der Waals surface area (Å²) >= 11 is 0. The van der Waals surface area contributed by atoms with Crippen molar-refractivity contribution in [2.45, 2.75) is 30.5 Å². The van der Waals surface area contributed by atoms with Crippen molar-refractivity contribution in [2.75, 3.05) is 21.2 Å². The lowest BCUT2D eigenvalue weighted by Crippen LogP contribution is -2.76. The monoisotopic (exact) mass is 307 g/mol. The van der Waals surface area contributed by atoms with Gasteiger partial charge in [-0.25, -0.2) is 14.0 Å². The molecule has 0 spiro atoms. The van der Waals surface area contributed by atoms with E-state index in [9.17, 15) is 14.0 Å². The van der Waals surface area contributed by atoms with Gasteiger partial charge in [-0.2, -0.15) is 0 Å². The first-order chi connectivity index (χ1) is 10.3. The first-order valence-corrected chi connectivity index (χ1v) is 6.99. The highest BCUT2D eigenvalue weighted by Crippen LogP contribution is 2.66. The van der Waals surface area contributed by atoms with Gasteiger partial charge in [-0.05, 0) is 6.08 Å². The maximum absolute atomic E-state index is 13.8. The molecule has 3 aliphatic carbocycles. The van der Waals surface area contributed by atoms with E-state index < -0.39 is 11.6 Å². The number of halogens is 1. The fourth-order valence-corrected chi connectivity index (χ4v) is 3.63. The summed E-state index contributed by atoms with van der Waals surface area (Å²) in [6.45, 7) is 0. The number of hydrogen-bond donors (Lipinski definition) is 1. The van der Waals surface area contributed by atoms with E-state index in [0.29, 0.717) is 25.0 Å². The number of methoxy groups -OCH3 is 1. The zero-order chi connectivity index (χ0) is 16.3. The van der Waals surface area contributed by atoms with E-state index in [2.05, 4.69) is 0 Å². The minimum absolute atomic E-state index is 0.127. The van der Waals surface area contributed by atoms with Crippen LogP contribution in [0, 0.1) is 0 Å². The summed E-state index contributed by atoms with van der Waals surface area (Å²) < 4.78 is 18.5. The lowest BCUT2D eigenvalue weighted by atomic mass is 9.46. The van der Waals surface area contributed by atoms with Gasteiger partial charge in [0.05, 0.1) is 12.8 Å². The van der Waals surface area contributed by atoms with Gasteiger partial charge in [-0.1, -0.05) is 0 Å². The van der Waals surface area contributed by atoms with Crippen LogP contribution >= 0.6 is 0 Å². The highest BCUT2D eigenvalue weighted by atomic mass is 19.1. The largest absolute Gasteiger partial charge is 0.465 e. The molecule has 4 rings (SSSR count). The number of likely N-dealkylation sites (N-methyl/N-ethyl adjacent to an activating group) is 2. The average molecular weight is 307 g/mol. The summed E-state index contributed by atoms with van der Waals surface area (Å²) in [5.41, 5.74) is 5.47. The fraction of sp³-hybridized carbons (Fsp3) is 0.533. The highest BCUT2D eigenvalue weighted by Gasteiger charge is 2.71. The molecule has 0 amide bonds. The van der Waals surface area contributed by atoms with Crippen molar-refractivity contribution in [3.8, 4) is 0 Å².